The number of nitrogens with zero attached hydrogens (tertiary/aromatic N) is 2. The number of methoxy groups -OCH3 is 1. The van der Waals surface area contributed by atoms with Crippen LogP contribution in [0.5, 0.6) is 5.88 Å². The lowest BCUT2D eigenvalue weighted by atomic mass is 9.67. The van der Waals surface area contributed by atoms with Crippen LogP contribution in [0.25, 0.3) is 0 Å². The van der Waals surface area contributed by atoms with Gasteiger partial charge in [-0.25, -0.2) is 4.98 Å². The molecule has 164 valence electrons. The molecule has 2 aliphatic carbocycles. The number of hydrogen-bond acceptors (Lipinski definition) is 4. The lowest BCUT2D eigenvalue weighted by Crippen LogP contribution is -2.46. The first-order chi connectivity index (χ1) is 13.7. The minimum Gasteiger partial charge on any atom is -0.474 e. The van der Waals surface area contributed by atoms with Crippen molar-refractivity contribution in [1.29, 1.82) is 0 Å². The van der Waals surface area contributed by atoms with Crippen LogP contribution in [0.2, 0.25) is 0 Å². The van der Waals surface area contributed by atoms with Gasteiger partial charge in [-0.2, -0.15) is 0 Å². The first kappa shape index (κ1) is 24.2. The van der Waals surface area contributed by atoms with Gasteiger partial charge in [0.2, 0.25) is 5.88 Å². The summed E-state index contributed by atoms with van der Waals surface area (Å²) in [7, 11) is 3.60. The van der Waals surface area contributed by atoms with Gasteiger partial charge in [0.25, 0.3) is 0 Å². The number of aromatic nitrogens is 1. The molecular weight excluding hydrogens is 479 g/mol. The third-order valence-electron chi connectivity index (χ3n) is 6.20. The zero-order chi connectivity index (χ0) is 19.7. The largest absolute Gasteiger partial charge is 0.474 e. The topological polar surface area (TPSA) is 67.8 Å². The molecule has 1 aromatic rings. The van der Waals surface area contributed by atoms with E-state index in [0.29, 0.717) is 18.1 Å². The van der Waals surface area contributed by atoms with Gasteiger partial charge in [0, 0.05) is 46.1 Å². The molecule has 29 heavy (non-hydrogen) atoms. The molecule has 0 aromatic carbocycles. The molecule has 2 aliphatic rings. The van der Waals surface area contributed by atoms with Crippen molar-refractivity contribution < 1.29 is 9.47 Å². The summed E-state index contributed by atoms with van der Waals surface area (Å²) in [6.45, 7) is 2.48. The van der Waals surface area contributed by atoms with Crippen molar-refractivity contribution in [3.05, 3.63) is 23.9 Å². The molecule has 2 fully saturated rings. The van der Waals surface area contributed by atoms with E-state index in [1.54, 1.807) is 7.11 Å². The highest BCUT2D eigenvalue weighted by Crippen LogP contribution is 2.43. The van der Waals surface area contributed by atoms with Crippen molar-refractivity contribution in [2.75, 3.05) is 27.3 Å². The van der Waals surface area contributed by atoms with E-state index in [0.717, 1.165) is 49.8 Å². The Morgan fingerprint density at radius 3 is 2.66 bits per heavy atom. The highest BCUT2D eigenvalue weighted by atomic mass is 127. The van der Waals surface area contributed by atoms with Crippen molar-refractivity contribution in [2.45, 2.75) is 70.4 Å². The summed E-state index contributed by atoms with van der Waals surface area (Å²) in [5.74, 6) is 1.58. The predicted molar refractivity (Wildman–Crippen MR) is 128 cm³/mol. The third kappa shape index (κ3) is 7.59. The molecule has 1 aromatic heterocycles. The van der Waals surface area contributed by atoms with Crippen molar-refractivity contribution in [3.63, 3.8) is 0 Å². The number of guanidine groups is 1. The van der Waals surface area contributed by atoms with Crippen LogP contribution in [0.1, 0.15) is 63.4 Å². The molecule has 2 saturated carbocycles. The first-order valence-corrected chi connectivity index (χ1v) is 10.8. The Kier molecular flexibility index (Phi) is 10.5. The van der Waals surface area contributed by atoms with E-state index in [2.05, 4.69) is 20.6 Å². The van der Waals surface area contributed by atoms with E-state index >= 15 is 0 Å². The average Bonchev–Trinajstić information content (AvgIpc) is 2.70. The number of aliphatic imine (C=N–C) groups is 1. The Labute approximate surface area is 192 Å². The molecule has 0 radical (unpaired) electrons. The highest BCUT2D eigenvalue weighted by Gasteiger charge is 2.36. The summed E-state index contributed by atoms with van der Waals surface area (Å²) in [4.78, 5) is 8.77. The molecule has 0 amide bonds. The van der Waals surface area contributed by atoms with Crippen molar-refractivity contribution >= 4 is 29.9 Å². The summed E-state index contributed by atoms with van der Waals surface area (Å²) in [5.41, 5.74) is 1.52. The van der Waals surface area contributed by atoms with Crippen LogP contribution in [-0.4, -0.2) is 44.4 Å². The number of rotatable bonds is 9. The molecule has 0 saturated heterocycles. The van der Waals surface area contributed by atoms with Crippen LogP contribution in [-0.2, 0) is 11.3 Å². The monoisotopic (exact) mass is 516 g/mol. The molecule has 2 N–H and O–H groups in total. The van der Waals surface area contributed by atoms with E-state index in [4.69, 9.17) is 9.47 Å². The van der Waals surface area contributed by atoms with Crippen LogP contribution in [0.15, 0.2) is 23.3 Å². The smallest absolute Gasteiger partial charge is 0.213 e. The average molecular weight is 516 g/mol. The van der Waals surface area contributed by atoms with Gasteiger partial charge in [-0.05, 0) is 62.0 Å². The van der Waals surface area contributed by atoms with Gasteiger partial charge in [-0.3, -0.25) is 4.99 Å². The molecule has 6 nitrogen and oxygen atoms in total. The summed E-state index contributed by atoms with van der Waals surface area (Å²) < 4.78 is 11.4. The highest BCUT2D eigenvalue weighted by molar-refractivity contribution is 14.0. The molecule has 7 heteroatoms. The van der Waals surface area contributed by atoms with Crippen LogP contribution < -0.4 is 15.4 Å². The second-order valence-corrected chi connectivity index (χ2v) is 8.26. The Hall–Kier alpha value is -1.09. The van der Waals surface area contributed by atoms with Crippen LogP contribution in [0, 0.1) is 5.41 Å². The fourth-order valence-corrected chi connectivity index (χ4v) is 4.17. The zero-order valence-corrected chi connectivity index (χ0v) is 20.2. The lowest BCUT2D eigenvalue weighted by molar-refractivity contribution is 0.0732. The standard InChI is InChI=1S/C22H36N4O2.HI/c1-23-21(26-17-22(10-6-11-22)12-14-27-2)25-16-18-9-13-24-20(15-18)28-19-7-4-3-5-8-19;/h9,13,15,19H,3-8,10-12,14,16-17H2,1-2H3,(H2,23,25,26);1H. The second-order valence-electron chi connectivity index (χ2n) is 8.26. The zero-order valence-electron chi connectivity index (χ0n) is 17.9. The molecule has 0 spiro atoms. The van der Waals surface area contributed by atoms with E-state index < -0.39 is 0 Å². The molecule has 3 rings (SSSR count). The summed E-state index contributed by atoms with van der Waals surface area (Å²) in [5, 5.41) is 6.93. The number of hydrogen-bond donors (Lipinski definition) is 2. The Morgan fingerprint density at radius 1 is 1.21 bits per heavy atom. The van der Waals surface area contributed by atoms with Crippen molar-refractivity contribution in [3.8, 4) is 5.88 Å². The van der Waals surface area contributed by atoms with E-state index in [9.17, 15) is 0 Å². The Balaban J connectivity index is 0.00000300. The second kappa shape index (κ2) is 12.6. The Morgan fingerprint density at radius 2 is 2.00 bits per heavy atom. The Bertz CT molecular complexity index is 631. The summed E-state index contributed by atoms with van der Waals surface area (Å²) in [6.07, 6.45) is 13.3. The third-order valence-corrected chi connectivity index (χ3v) is 6.20. The minimum atomic E-state index is 0. The van der Waals surface area contributed by atoms with E-state index in [-0.39, 0.29) is 24.0 Å². The lowest BCUT2D eigenvalue weighted by Gasteiger charge is -2.42. The number of ether oxygens (including phenoxy) is 2. The number of pyridine rings is 1. The maximum Gasteiger partial charge on any atom is 0.213 e. The van der Waals surface area contributed by atoms with E-state index in [1.165, 1.54) is 38.5 Å². The molecule has 1 heterocycles. The van der Waals surface area contributed by atoms with Crippen LogP contribution in [0.3, 0.4) is 0 Å². The fraction of sp³-hybridized carbons (Fsp3) is 0.727. The summed E-state index contributed by atoms with van der Waals surface area (Å²) >= 11 is 0. The van der Waals surface area contributed by atoms with Crippen LogP contribution >= 0.6 is 24.0 Å². The van der Waals surface area contributed by atoms with E-state index in [1.807, 2.05) is 25.4 Å². The van der Waals surface area contributed by atoms with Gasteiger partial charge < -0.3 is 20.1 Å². The molecule has 0 bridgehead atoms. The van der Waals surface area contributed by atoms with Crippen LogP contribution in [0.4, 0.5) is 0 Å². The van der Waals surface area contributed by atoms with Gasteiger partial charge in [0.05, 0.1) is 0 Å². The molecule has 0 aliphatic heterocycles. The van der Waals surface area contributed by atoms with Gasteiger partial charge in [-0.1, -0.05) is 12.8 Å². The first-order valence-electron chi connectivity index (χ1n) is 10.8. The maximum absolute atomic E-state index is 6.08. The quantitative estimate of drug-likeness (QED) is 0.291. The SMILES string of the molecule is CN=C(NCc1ccnc(OC2CCCCC2)c1)NCC1(CCOC)CCC1.I. The van der Waals surface area contributed by atoms with Gasteiger partial charge >= 0.3 is 0 Å². The van der Waals surface area contributed by atoms with Gasteiger partial charge in [0.15, 0.2) is 5.96 Å². The maximum atomic E-state index is 6.08. The van der Waals surface area contributed by atoms with Crippen molar-refractivity contribution in [1.82, 2.24) is 15.6 Å². The number of halogens is 1. The number of nitrogens with one attached hydrogen (secondary N) is 2. The molecule has 0 unspecified atom stereocenters. The minimum absolute atomic E-state index is 0. The van der Waals surface area contributed by atoms with Crippen molar-refractivity contribution in [2.24, 2.45) is 10.4 Å². The van der Waals surface area contributed by atoms with Gasteiger partial charge in [-0.15, -0.1) is 24.0 Å². The summed E-state index contributed by atoms with van der Waals surface area (Å²) in [6, 6.07) is 4.07. The normalized spacial score (nSPS) is 19.0. The molecule has 0 atom stereocenters. The fourth-order valence-electron chi connectivity index (χ4n) is 4.17. The van der Waals surface area contributed by atoms with Gasteiger partial charge in [0.1, 0.15) is 6.10 Å². The predicted octanol–water partition coefficient (Wildman–Crippen LogP) is 4.28. The molecular formula is C22H37IN4O2.